The lowest BCUT2D eigenvalue weighted by molar-refractivity contribution is -0.0612. The molecule has 0 aliphatic rings. The summed E-state index contributed by atoms with van der Waals surface area (Å²) in [6.07, 6.45) is 1.09. The van der Waals surface area contributed by atoms with Crippen LogP contribution < -0.4 is 0 Å². The van der Waals surface area contributed by atoms with Crippen LogP contribution in [0.2, 0.25) is 0 Å². The van der Waals surface area contributed by atoms with E-state index in [0.29, 0.717) is 6.42 Å². The maximum atomic E-state index is 9.92. The van der Waals surface area contributed by atoms with Crippen LogP contribution in [0.15, 0.2) is 43.0 Å². The van der Waals surface area contributed by atoms with Crippen LogP contribution in [0.4, 0.5) is 0 Å². The van der Waals surface area contributed by atoms with Crippen LogP contribution in [0.25, 0.3) is 0 Å². The minimum atomic E-state index is -1.15. The van der Waals surface area contributed by atoms with Crippen LogP contribution in [-0.4, -0.2) is 15.8 Å². The van der Waals surface area contributed by atoms with Crippen molar-refractivity contribution in [1.82, 2.24) is 0 Å². The van der Waals surface area contributed by atoms with Gasteiger partial charge in [-0.05, 0) is 18.9 Å². The molecule has 0 spiro atoms. The highest BCUT2D eigenvalue weighted by molar-refractivity contribution is 5.20. The predicted molar refractivity (Wildman–Crippen MR) is 56.8 cm³/mol. The van der Waals surface area contributed by atoms with Gasteiger partial charge in [0.05, 0.1) is 5.60 Å². The third kappa shape index (κ3) is 2.44. The molecule has 76 valence electrons. The van der Waals surface area contributed by atoms with Crippen LogP contribution in [0.1, 0.15) is 25.0 Å². The average Bonchev–Trinajstić information content (AvgIpc) is 2.18. The van der Waals surface area contributed by atoms with E-state index in [-0.39, 0.29) is 0 Å². The van der Waals surface area contributed by atoms with Gasteiger partial charge in [0.2, 0.25) is 0 Å². The predicted octanol–water partition coefficient (Wildman–Crippen LogP) is 2.05. The normalized spacial score (nSPS) is 17.1. The molecule has 0 radical (unpaired) electrons. The zero-order valence-corrected chi connectivity index (χ0v) is 8.35. The van der Waals surface area contributed by atoms with Gasteiger partial charge in [-0.3, -0.25) is 0 Å². The summed E-state index contributed by atoms with van der Waals surface area (Å²) in [7, 11) is 0. The van der Waals surface area contributed by atoms with Crippen LogP contribution >= 0.6 is 0 Å². The molecule has 1 rings (SSSR count). The highest BCUT2D eigenvalue weighted by Crippen LogP contribution is 2.28. The van der Waals surface area contributed by atoms with Gasteiger partial charge in [-0.15, -0.1) is 6.58 Å². The lowest BCUT2D eigenvalue weighted by atomic mass is 9.90. The third-order valence-corrected chi connectivity index (χ3v) is 2.26. The first-order valence-electron chi connectivity index (χ1n) is 4.64. The van der Waals surface area contributed by atoms with E-state index in [1.54, 1.807) is 25.1 Å². The molecule has 0 aromatic heterocycles. The van der Waals surface area contributed by atoms with Crippen molar-refractivity contribution < 1.29 is 10.2 Å². The molecular formula is C12H16O2. The molecular weight excluding hydrogens is 176 g/mol. The molecule has 0 fully saturated rings. The van der Waals surface area contributed by atoms with E-state index >= 15 is 0 Å². The molecule has 0 unspecified atom stereocenters. The molecule has 0 aliphatic carbocycles. The zero-order chi connectivity index (χ0) is 10.6. The smallest absolute Gasteiger partial charge is 0.108 e. The molecule has 2 heteroatoms. The minimum Gasteiger partial charge on any atom is -0.387 e. The summed E-state index contributed by atoms with van der Waals surface area (Å²) in [6.45, 7) is 5.15. The van der Waals surface area contributed by atoms with E-state index in [9.17, 15) is 10.2 Å². The molecule has 2 nitrogen and oxygen atoms in total. The average molecular weight is 192 g/mol. The topological polar surface area (TPSA) is 40.5 Å². The first-order chi connectivity index (χ1) is 6.58. The lowest BCUT2D eigenvalue weighted by Gasteiger charge is -2.28. The summed E-state index contributed by atoms with van der Waals surface area (Å²) in [5.74, 6) is 0. The van der Waals surface area contributed by atoms with Gasteiger partial charge in [0.15, 0.2) is 0 Å². The van der Waals surface area contributed by atoms with Crippen molar-refractivity contribution in [2.24, 2.45) is 0 Å². The number of benzene rings is 1. The van der Waals surface area contributed by atoms with Crippen LogP contribution in [-0.2, 0) is 0 Å². The van der Waals surface area contributed by atoms with Crippen LogP contribution in [0.5, 0.6) is 0 Å². The zero-order valence-electron chi connectivity index (χ0n) is 8.35. The first kappa shape index (κ1) is 11.0. The van der Waals surface area contributed by atoms with Crippen molar-refractivity contribution in [3.05, 3.63) is 48.6 Å². The molecule has 2 N–H and O–H groups in total. The molecule has 0 aliphatic heterocycles. The fourth-order valence-corrected chi connectivity index (χ4v) is 1.40. The van der Waals surface area contributed by atoms with E-state index < -0.39 is 11.7 Å². The maximum Gasteiger partial charge on any atom is 0.108 e. The van der Waals surface area contributed by atoms with Gasteiger partial charge < -0.3 is 10.2 Å². The molecule has 2 atom stereocenters. The number of hydrogen-bond donors (Lipinski definition) is 2. The number of aliphatic hydroxyl groups is 2. The largest absolute Gasteiger partial charge is 0.387 e. The summed E-state index contributed by atoms with van der Waals surface area (Å²) >= 11 is 0. The molecule has 0 bridgehead atoms. The fourth-order valence-electron chi connectivity index (χ4n) is 1.40. The van der Waals surface area contributed by atoms with E-state index in [2.05, 4.69) is 6.58 Å². The molecule has 0 saturated heterocycles. The van der Waals surface area contributed by atoms with Gasteiger partial charge in [0.1, 0.15) is 6.10 Å². The Balaban J connectivity index is 2.84. The van der Waals surface area contributed by atoms with E-state index in [4.69, 9.17) is 0 Å². The fraction of sp³-hybridized carbons (Fsp3) is 0.333. The van der Waals surface area contributed by atoms with Gasteiger partial charge in [0, 0.05) is 0 Å². The quantitative estimate of drug-likeness (QED) is 0.717. The van der Waals surface area contributed by atoms with E-state index in [0.717, 1.165) is 5.56 Å². The Bertz CT molecular complexity index is 290. The highest BCUT2D eigenvalue weighted by atomic mass is 16.3. The summed E-state index contributed by atoms with van der Waals surface area (Å²) in [5.41, 5.74) is -0.428. The molecule has 0 heterocycles. The van der Waals surface area contributed by atoms with E-state index in [1.807, 2.05) is 18.2 Å². The Hall–Kier alpha value is -1.12. The third-order valence-electron chi connectivity index (χ3n) is 2.26. The number of aliphatic hydroxyl groups excluding tert-OH is 1. The Labute approximate surface area is 84.5 Å². The summed E-state index contributed by atoms with van der Waals surface area (Å²) in [5, 5.41) is 19.8. The monoisotopic (exact) mass is 192 g/mol. The maximum absolute atomic E-state index is 9.92. The number of rotatable bonds is 4. The standard InChI is InChI=1S/C12H16O2/c1-3-9-12(2,14)11(13)10-7-5-4-6-8-10/h3-8,11,13-14H,1,9H2,2H3/t11-,12-/m0/s1. The van der Waals surface area contributed by atoms with Gasteiger partial charge in [0.25, 0.3) is 0 Å². The van der Waals surface area contributed by atoms with Crippen LogP contribution in [0.3, 0.4) is 0 Å². The second-order valence-corrected chi connectivity index (χ2v) is 3.66. The first-order valence-corrected chi connectivity index (χ1v) is 4.64. The van der Waals surface area contributed by atoms with E-state index in [1.165, 1.54) is 0 Å². The Morgan fingerprint density at radius 2 is 2.00 bits per heavy atom. The van der Waals surface area contributed by atoms with Crippen molar-refractivity contribution in [1.29, 1.82) is 0 Å². The minimum absolute atomic E-state index is 0.364. The molecule has 0 amide bonds. The Kier molecular flexibility index (Phi) is 3.44. The second kappa shape index (κ2) is 4.40. The van der Waals surface area contributed by atoms with Crippen molar-refractivity contribution in [3.8, 4) is 0 Å². The van der Waals surface area contributed by atoms with Crippen molar-refractivity contribution in [2.75, 3.05) is 0 Å². The van der Waals surface area contributed by atoms with Crippen molar-refractivity contribution in [3.63, 3.8) is 0 Å². The summed E-state index contributed by atoms with van der Waals surface area (Å²) in [6, 6.07) is 9.13. The molecule has 1 aromatic rings. The SMILES string of the molecule is C=CC[C@](C)(O)[C@@H](O)c1ccccc1. The van der Waals surface area contributed by atoms with Gasteiger partial charge in [-0.2, -0.15) is 0 Å². The lowest BCUT2D eigenvalue weighted by Crippen LogP contribution is -2.32. The molecule has 0 saturated carbocycles. The summed E-state index contributed by atoms with van der Waals surface area (Å²) < 4.78 is 0. The van der Waals surface area contributed by atoms with Gasteiger partial charge in [-0.1, -0.05) is 36.4 Å². The second-order valence-electron chi connectivity index (χ2n) is 3.66. The van der Waals surface area contributed by atoms with Crippen LogP contribution in [0, 0.1) is 0 Å². The van der Waals surface area contributed by atoms with Crippen molar-refractivity contribution >= 4 is 0 Å². The van der Waals surface area contributed by atoms with Gasteiger partial charge in [-0.25, -0.2) is 0 Å². The Morgan fingerprint density at radius 3 is 2.50 bits per heavy atom. The van der Waals surface area contributed by atoms with Crippen molar-refractivity contribution in [2.45, 2.75) is 25.0 Å². The summed E-state index contributed by atoms with van der Waals surface area (Å²) in [4.78, 5) is 0. The Morgan fingerprint density at radius 1 is 1.43 bits per heavy atom. The molecule has 1 aromatic carbocycles. The highest BCUT2D eigenvalue weighted by Gasteiger charge is 2.29. The van der Waals surface area contributed by atoms with Gasteiger partial charge >= 0.3 is 0 Å². The molecule has 14 heavy (non-hydrogen) atoms. The number of hydrogen-bond acceptors (Lipinski definition) is 2.